The van der Waals surface area contributed by atoms with Crippen LogP contribution in [0.5, 0.6) is 5.75 Å². The van der Waals surface area contributed by atoms with Crippen LogP contribution in [0.4, 0.5) is 11.4 Å². The molecule has 0 atom stereocenters. The number of carbonyl (C=O) groups is 2. The van der Waals surface area contributed by atoms with Crippen LogP contribution in [0, 0.1) is 0 Å². The molecule has 26 heavy (non-hydrogen) atoms. The second-order valence-electron chi connectivity index (χ2n) is 5.57. The molecule has 1 heterocycles. The number of nitrogens with one attached hydrogen (secondary N) is 1. The number of imide groups is 1. The van der Waals surface area contributed by atoms with E-state index in [2.05, 4.69) is 20.7 Å². The molecular weight excluding hydrogens is 424 g/mol. The highest BCUT2D eigenvalue weighted by atomic mass is 79.9. The summed E-state index contributed by atoms with van der Waals surface area (Å²) in [4.78, 5) is 24.7. The Balaban J connectivity index is 2.01. The highest BCUT2D eigenvalue weighted by Crippen LogP contribution is 2.32. The van der Waals surface area contributed by atoms with Gasteiger partial charge in [-0.2, -0.15) is 0 Å². The van der Waals surface area contributed by atoms with Crippen LogP contribution in [0.15, 0.2) is 51.8 Å². The van der Waals surface area contributed by atoms with E-state index in [1.165, 1.54) is 25.3 Å². The largest absolute Gasteiger partial charge is 0.495 e. The van der Waals surface area contributed by atoms with Crippen molar-refractivity contribution in [2.24, 2.45) is 0 Å². The average molecular weight is 439 g/mol. The molecule has 0 saturated carbocycles. The number of hydrogen-bond acceptors (Lipinski definition) is 5. The summed E-state index contributed by atoms with van der Waals surface area (Å²) in [7, 11) is -2.65. The van der Waals surface area contributed by atoms with Crippen LogP contribution in [0.1, 0.15) is 12.8 Å². The van der Waals surface area contributed by atoms with Crippen LogP contribution >= 0.6 is 15.9 Å². The lowest BCUT2D eigenvalue weighted by Crippen LogP contribution is -2.28. The van der Waals surface area contributed by atoms with E-state index in [4.69, 9.17) is 4.74 Å². The summed E-state index contributed by atoms with van der Waals surface area (Å²) in [6.45, 7) is 0. The molecule has 7 nitrogen and oxygen atoms in total. The average Bonchev–Trinajstić information content (AvgIpc) is 2.95. The van der Waals surface area contributed by atoms with Gasteiger partial charge in [-0.05, 0) is 42.5 Å². The van der Waals surface area contributed by atoms with E-state index in [0.717, 1.165) is 9.37 Å². The molecule has 0 aliphatic carbocycles. The predicted octanol–water partition coefficient (Wildman–Crippen LogP) is 2.91. The minimum absolute atomic E-state index is 0.109. The monoisotopic (exact) mass is 438 g/mol. The van der Waals surface area contributed by atoms with Crippen molar-refractivity contribution in [3.8, 4) is 5.75 Å². The minimum Gasteiger partial charge on any atom is -0.495 e. The number of ether oxygens (including phenoxy) is 1. The molecule has 2 aromatic rings. The van der Waals surface area contributed by atoms with Crippen LogP contribution in [0.25, 0.3) is 0 Å². The van der Waals surface area contributed by atoms with Gasteiger partial charge in [-0.15, -0.1) is 0 Å². The van der Waals surface area contributed by atoms with Crippen molar-refractivity contribution in [2.45, 2.75) is 17.7 Å². The number of hydrogen-bond donors (Lipinski definition) is 1. The number of benzene rings is 2. The third kappa shape index (κ3) is 3.58. The van der Waals surface area contributed by atoms with Gasteiger partial charge in [0, 0.05) is 23.0 Å². The van der Waals surface area contributed by atoms with Crippen molar-refractivity contribution in [2.75, 3.05) is 16.7 Å². The minimum atomic E-state index is -4.00. The van der Waals surface area contributed by atoms with E-state index >= 15 is 0 Å². The van der Waals surface area contributed by atoms with Gasteiger partial charge in [0.05, 0.1) is 12.8 Å². The first kappa shape index (κ1) is 18.4. The van der Waals surface area contributed by atoms with Crippen LogP contribution in [-0.4, -0.2) is 27.3 Å². The fourth-order valence-corrected chi connectivity index (χ4v) is 4.12. The zero-order valence-corrected chi connectivity index (χ0v) is 16.1. The molecule has 2 aromatic carbocycles. The third-order valence-electron chi connectivity index (χ3n) is 3.84. The number of sulfonamides is 1. The van der Waals surface area contributed by atoms with E-state index in [9.17, 15) is 18.0 Å². The van der Waals surface area contributed by atoms with Crippen molar-refractivity contribution in [3.63, 3.8) is 0 Å². The Morgan fingerprint density at radius 3 is 2.23 bits per heavy atom. The van der Waals surface area contributed by atoms with Gasteiger partial charge in [-0.1, -0.05) is 15.9 Å². The second-order valence-corrected chi connectivity index (χ2v) is 8.14. The molecule has 2 amide bonds. The smallest absolute Gasteiger partial charge is 0.265 e. The Hall–Kier alpha value is -2.39. The van der Waals surface area contributed by atoms with Gasteiger partial charge in [0.25, 0.3) is 10.0 Å². The highest BCUT2D eigenvalue weighted by molar-refractivity contribution is 9.10. The molecule has 1 N–H and O–H groups in total. The molecule has 1 aliphatic heterocycles. The molecule has 1 aliphatic rings. The van der Waals surface area contributed by atoms with Gasteiger partial charge in [-0.25, -0.2) is 8.42 Å². The van der Waals surface area contributed by atoms with Crippen molar-refractivity contribution in [1.29, 1.82) is 0 Å². The summed E-state index contributed by atoms with van der Waals surface area (Å²) in [5.41, 5.74) is 0.573. The lowest BCUT2D eigenvalue weighted by Gasteiger charge is -2.17. The number of nitrogens with zero attached hydrogens (tertiary/aromatic N) is 1. The molecule has 1 saturated heterocycles. The Kier molecular flexibility index (Phi) is 5.01. The lowest BCUT2D eigenvalue weighted by molar-refractivity contribution is -0.121. The summed E-state index contributed by atoms with van der Waals surface area (Å²) in [6, 6.07) is 10.8. The van der Waals surface area contributed by atoms with E-state index in [1.807, 2.05) is 0 Å². The number of amides is 2. The maximum absolute atomic E-state index is 12.8. The van der Waals surface area contributed by atoms with E-state index in [1.54, 1.807) is 24.3 Å². The van der Waals surface area contributed by atoms with E-state index in [0.29, 0.717) is 5.69 Å². The quantitative estimate of drug-likeness (QED) is 0.724. The molecule has 1 fully saturated rings. The van der Waals surface area contributed by atoms with Crippen LogP contribution in [0.3, 0.4) is 0 Å². The molecule has 9 heteroatoms. The normalized spacial score (nSPS) is 14.6. The summed E-state index contributed by atoms with van der Waals surface area (Å²) in [5, 5.41) is 0. The SMILES string of the molecule is COc1ccc(N2C(=O)CCC2=O)cc1S(=O)(=O)Nc1ccc(Br)cc1. The highest BCUT2D eigenvalue weighted by Gasteiger charge is 2.32. The molecule has 0 radical (unpaired) electrons. The molecule has 0 unspecified atom stereocenters. The Labute approximate surface area is 159 Å². The van der Waals surface area contributed by atoms with Crippen LogP contribution < -0.4 is 14.4 Å². The van der Waals surface area contributed by atoms with Gasteiger partial charge in [0.2, 0.25) is 11.8 Å². The Morgan fingerprint density at radius 1 is 1.04 bits per heavy atom. The zero-order valence-electron chi connectivity index (χ0n) is 13.7. The Morgan fingerprint density at radius 2 is 1.65 bits per heavy atom. The summed E-state index contributed by atoms with van der Waals surface area (Å²) >= 11 is 3.28. The van der Waals surface area contributed by atoms with Crippen molar-refractivity contribution in [1.82, 2.24) is 0 Å². The summed E-state index contributed by atoms with van der Waals surface area (Å²) in [6.07, 6.45) is 0.230. The van der Waals surface area contributed by atoms with Gasteiger partial charge in [0.15, 0.2) is 0 Å². The fourth-order valence-electron chi connectivity index (χ4n) is 2.61. The molecule has 136 valence electrons. The van der Waals surface area contributed by atoms with E-state index < -0.39 is 10.0 Å². The number of methoxy groups -OCH3 is 1. The fraction of sp³-hybridized carbons (Fsp3) is 0.176. The molecule has 3 rings (SSSR count). The van der Waals surface area contributed by atoms with Crippen LogP contribution in [0.2, 0.25) is 0 Å². The predicted molar refractivity (Wildman–Crippen MR) is 99.7 cm³/mol. The first-order valence-electron chi connectivity index (χ1n) is 7.64. The van der Waals surface area contributed by atoms with Crippen LogP contribution in [-0.2, 0) is 19.6 Å². The number of halogens is 1. The Bertz CT molecular complexity index is 957. The van der Waals surface area contributed by atoms with Gasteiger partial charge >= 0.3 is 0 Å². The molecular formula is C17H15BrN2O5S. The van der Waals surface area contributed by atoms with Crippen molar-refractivity contribution in [3.05, 3.63) is 46.9 Å². The number of anilines is 2. The zero-order chi connectivity index (χ0) is 18.9. The standard InChI is InChI=1S/C17H15BrN2O5S/c1-25-14-7-6-13(20-16(21)8-9-17(20)22)10-15(14)26(23,24)19-12-4-2-11(18)3-5-12/h2-7,10,19H,8-9H2,1H3. The third-order valence-corrected chi connectivity index (χ3v) is 5.77. The maximum atomic E-state index is 12.8. The van der Waals surface area contributed by atoms with Gasteiger partial charge in [-0.3, -0.25) is 19.2 Å². The molecule has 0 aromatic heterocycles. The summed E-state index contributed by atoms with van der Waals surface area (Å²) in [5.74, 6) is -0.605. The lowest BCUT2D eigenvalue weighted by atomic mass is 10.2. The van der Waals surface area contributed by atoms with Gasteiger partial charge < -0.3 is 4.74 Å². The van der Waals surface area contributed by atoms with Crippen molar-refractivity contribution < 1.29 is 22.7 Å². The van der Waals surface area contributed by atoms with E-state index in [-0.39, 0.29) is 41.0 Å². The first-order valence-corrected chi connectivity index (χ1v) is 9.91. The maximum Gasteiger partial charge on any atom is 0.265 e. The first-order chi connectivity index (χ1) is 12.3. The topological polar surface area (TPSA) is 92.8 Å². The van der Waals surface area contributed by atoms with Gasteiger partial charge in [0.1, 0.15) is 10.6 Å². The number of rotatable bonds is 5. The molecule has 0 spiro atoms. The summed E-state index contributed by atoms with van der Waals surface area (Å²) < 4.78 is 34.0. The second kappa shape index (κ2) is 7.08. The van der Waals surface area contributed by atoms with Crippen molar-refractivity contribution >= 4 is 49.1 Å². The molecule has 0 bridgehead atoms. The number of carbonyl (C=O) groups excluding carboxylic acids is 2.